The number of thioether (sulfide) groups is 1. The highest BCUT2D eigenvalue weighted by Crippen LogP contribution is 2.37. The van der Waals surface area contributed by atoms with Crippen molar-refractivity contribution < 1.29 is 50.2 Å². The second-order valence-electron chi connectivity index (χ2n) is 8.59. The van der Waals surface area contributed by atoms with Crippen molar-refractivity contribution in [2.45, 2.75) is 12.5 Å². The Hall–Kier alpha value is -4.64. The highest BCUT2D eigenvalue weighted by Gasteiger charge is 2.35. The molecule has 1 saturated heterocycles. The number of hydrogen-bond acceptors (Lipinski definition) is 7. The van der Waals surface area contributed by atoms with E-state index in [1.165, 1.54) is 42.5 Å². The maximum absolute atomic E-state index is 12.7. The van der Waals surface area contributed by atoms with Crippen molar-refractivity contribution in [2.24, 2.45) is 4.99 Å². The van der Waals surface area contributed by atoms with Gasteiger partial charge >= 0.3 is 18.6 Å². The summed E-state index contributed by atoms with van der Waals surface area (Å²) >= 11 is 6.87. The van der Waals surface area contributed by atoms with Crippen LogP contribution >= 0.6 is 23.4 Å². The van der Waals surface area contributed by atoms with Crippen LogP contribution in [0.2, 0.25) is 5.02 Å². The molecule has 0 aliphatic carbocycles. The van der Waals surface area contributed by atoms with Gasteiger partial charge in [0.1, 0.15) is 11.5 Å². The molecule has 0 bridgehead atoms. The van der Waals surface area contributed by atoms with Gasteiger partial charge in [-0.25, -0.2) is 4.79 Å². The molecule has 18 heteroatoms. The Bertz CT molecular complexity index is 1570. The maximum Gasteiger partial charge on any atom is 0.573 e. The zero-order valence-electron chi connectivity index (χ0n) is 21.8. The van der Waals surface area contributed by atoms with Gasteiger partial charge < -0.3 is 14.8 Å². The molecule has 1 aliphatic rings. The molecule has 1 fully saturated rings. The van der Waals surface area contributed by atoms with Crippen molar-refractivity contribution in [2.75, 3.05) is 28.0 Å². The van der Waals surface area contributed by atoms with Crippen molar-refractivity contribution in [3.63, 3.8) is 0 Å². The summed E-state index contributed by atoms with van der Waals surface area (Å²) in [5.41, 5.74) is 5.52. The van der Waals surface area contributed by atoms with E-state index in [0.29, 0.717) is 5.69 Å². The highest BCUT2D eigenvalue weighted by atomic mass is 35.5. The zero-order valence-corrected chi connectivity index (χ0v) is 23.3. The number of ether oxygens (including phenoxy) is 2. The number of rotatable bonds is 8. The average molecular weight is 662 g/mol. The number of amides is 4. The molecule has 0 atom stereocenters. The average Bonchev–Trinajstić information content (AvgIpc) is 3.29. The first-order valence-corrected chi connectivity index (χ1v) is 13.4. The van der Waals surface area contributed by atoms with Crippen LogP contribution in [0.5, 0.6) is 11.5 Å². The Balaban J connectivity index is 1.37. The Labute approximate surface area is 253 Å². The van der Waals surface area contributed by atoms with Crippen molar-refractivity contribution >= 4 is 63.4 Å². The van der Waals surface area contributed by atoms with Crippen LogP contribution in [0.25, 0.3) is 0 Å². The number of anilines is 3. The van der Waals surface area contributed by atoms with Crippen LogP contribution in [0.4, 0.5) is 48.2 Å². The minimum absolute atomic E-state index is 0.0455. The van der Waals surface area contributed by atoms with Gasteiger partial charge in [-0.3, -0.25) is 25.3 Å². The highest BCUT2D eigenvalue weighted by molar-refractivity contribution is 8.15. The third-order valence-electron chi connectivity index (χ3n) is 5.32. The summed E-state index contributed by atoms with van der Waals surface area (Å²) in [7, 11) is 0. The van der Waals surface area contributed by atoms with Crippen LogP contribution in [0, 0.1) is 0 Å². The van der Waals surface area contributed by atoms with Crippen LogP contribution in [0.1, 0.15) is 10.4 Å². The lowest BCUT2D eigenvalue weighted by Gasteiger charge is -2.20. The zero-order chi connectivity index (χ0) is 32.1. The number of halogens is 7. The third kappa shape index (κ3) is 9.18. The normalized spacial score (nSPS) is 14.4. The van der Waals surface area contributed by atoms with Crippen LogP contribution in [-0.4, -0.2) is 47.9 Å². The van der Waals surface area contributed by atoms with Gasteiger partial charge in [0.25, 0.3) is 5.91 Å². The first-order chi connectivity index (χ1) is 20.7. The molecule has 3 aromatic carbocycles. The van der Waals surface area contributed by atoms with Gasteiger partial charge in [0.15, 0.2) is 11.8 Å². The number of amidine groups is 1. The summed E-state index contributed by atoms with van der Waals surface area (Å²) in [6, 6.07) is 12.8. The van der Waals surface area contributed by atoms with E-state index in [1.807, 2.05) is 0 Å². The van der Waals surface area contributed by atoms with Crippen molar-refractivity contribution in [3.05, 3.63) is 77.3 Å². The molecule has 0 unspecified atom stereocenters. The predicted molar refractivity (Wildman–Crippen MR) is 150 cm³/mol. The molecule has 3 N–H and O–H groups in total. The number of carbonyl (C=O) groups excluding carboxylic acids is 3. The molecule has 0 aromatic heterocycles. The SMILES string of the molecule is O=C(/N=C1\SCC(=O)N1c1cc(Cl)ccc1OCC(F)(F)F)Nc1ccc(NNC(=O)c2ccc(OC(F)(F)F)cc2)cc1. The van der Waals surface area contributed by atoms with Crippen LogP contribution in [-0.2, 0) is 4.79 Å². The fourth-order valence-electron chi connectivity index (χ4n) is 3.51. The molecule has 4 rings (SSSR count). The topological polar surface area (TPSA) is 121 Å². The Morgan fingerprint density at radius 2 is 1.61 bits per heavy atom. The van der Waals surface area contributed by atoms with Crippen LogP contribution in [0.3, 0.4) is 0 Å². The van der Waals surface area contributed by atoms with Gasteiger partial charge in [-0.2, -0.15) is 18.2 Å². The minimum atomic E-state index is -4.86. The lowest BCUT2D eigenvalue weighted by atomic mass is 10.2. The number of nitrogens with zero attached hydrogens (tertiary/aromatic N) is 2. The van der Waals surface area contributed by atoms with E-state index in [9.17, 15) is 40.7 Å². The number of aliphatic imine (C=N–C) groups is 1. The monoisotopic (exact) mass is 661 g/mol. The molecule has 4 amide bonds. The standard InChI is InChI=1S/C26H18ClF6N5O5S/c27-15-3-10-20(42-13-25(28,29)30)19(11-15)38-21(39)12-44-24(38)35-23(41)34-16-4-6-17(7-5-16)36-37-22(40)14-1-8-18(9-2-14)43-26(31,32)33/h1-11,36H,12-13H2,(H,34,41)(H,37,40)/b35-24-. The fourth-order valence-corrected chi connectivity index (χ4v) is 4.54. The van der Waals surface area contributed by atoms with E-state index in [4.69, 9.17) is 16.3 Å². The molecular formula is C26H18ClF6N5O5S. The van der Waals surface area contributed by atoms with Crippen molar-refractivity contribution in [3.8, 4) is 11.5 Å². The van der Waals surface area contributed by atoms with Gasteiger partial charge in [-0.1, -0.05) is 23.4 Å². The summed E-state index contributed by atoms with van der Waals surface area (Å²) in [6.07, 6.45) is -9.50. The van der Waals surface area contributed by atoms with Gasteiger partial charge in [0, 0.05) is 16.3 Å². The second kappa shape index (κ2) is 13.3. The lowest BCUT2D eigenvalue weighted by Crippen LogP contribution is -2.31. The molecule has 10 nitrogen and oxygen atoms in total. The number of hydrogen-bond donors (Lipinski definition) is 3. The maximum atomic E-state index is 12.7. The number of hydrazine groups is 1. The molecule has 0 saturated carbocycles. The molecular weight excluding hydrogens is 644 g/mol. The Kier molecular flexibility index (Phi) is 9.78. The lowest BCUT2D eigenvalue weighted by molar-refractivity contribution is -0.274. The van der Waals surface area contributed by atoms with Gasteiger partial charge in [-0.05, 0) is 66.7 Å². The number of carbonyl (C=O) groups is 3. The van der Waals surface area contributed by atoms with Crippen LogP contribution < -0.4 is 30.5 Å². The number of alkyl halides is 6. The molecule has 1 heterocycles. The van der Waals surface area contributed by atoms with E-state index in [1.54, 1.807) is 0 Å². The summed E-state index contributed by atoms with van der Waals surface area (Å²) in [5.74, 6) is -2.15. The smallest absolute Gasteiger partial charge is 0.482 e. The minimum Gasteiger partial charge on any atom is -0.482 e. The van der Waals surface area contributed by atoms with Crippen LogP contribution in [0.15, 0.2) is 71.7 Å². The number of nitrogens with one attached hydrogen (secondary N) is 3. The van der Waals surface area contributed by atoms with E-state index in [0.717, 1.165) is 40.9 Å². The number of urea groups is 1. The second-order valence-corrected chi connectivity index (χ2v) is 9.97. The predicted octanol–water partition coefficient (Wildman–Crippen LogP) is 6.60. The van der Waals surface area contributed by atoms with E-state index in [-0.39, 0.29) is 38.6 Å². The van der Waals surface area contributed by atoms with Crippen molar-refractivity contribution in [1.82, 2.24) is 5.43 Å². The van der Waals surface area contributed by atoms with Gasteiger partial charge in [-0.15, -0.1) is 13.2 Å². The van der Waals surface area contributed by atoms with Gasteiger partial charge in [0.05, 0.1) is 17.1 Å². The van der Waals surface area contributed by atoms with E-state index in [2.05, 4.69) is 25.9 Å². The van der Waals surface area contributed by atoms with E-state index < -0.39 is 42.7 Å². The van der Waals surface area contributed by atoms with E-state index >= 15 is 0 Å². The molecule has 0 spiro atoms. The summed E-state index contributed by atoms with van der Waals surface area (Å²) in [5, 5.41) is 2.46. The first kappa shape index (κ1) is 32.3. The Morgan fingerprint density at radius 3 is 2.25 bits per heavy atom. The summed E-state index contributed by atoms with van der Waals surface area (Å²) in [4.78, 5) is 42.3. The van der Waals surface area contributed by atoms with Crippen molar-refractivity contribution in [1.29, 1.82) is 0 Å². The van der Waals surface area contributed by atoms with Gasteiger partial charge in [0.2, 0.25) is 5.91 Å². The Morgan fingerprint density at radius 1 is 0.955 bits per heavy atom. The molecule has 0 radical (unpaired) electrons. The third-order valence-corrected chi connectivity index (χ3v) is 6.48. The molecule has 44 heavy (non-hydrogen) atoms. The molecule has 1 aliphatic heterocycles. The number of benzene rings is 3. The first-order valence-electron chi connectivity index (χ1n) is 12.0. The summed E-state index contributed by atoms with van der Waals surface area (Å²) in [6.45, 7) is -1.62. The largest absolute Gasteiger partial charge is 0.573 e. The molecule has 232 valence electrons. The fraction of sp³-hybridized carbons (Fsp3) is 0.154. The quantitative estimate of drug-likeness (QED) is 0.184. The molecule has 3 aromatic rings. The summed E-state index contributed by atoms with van der Waals surface area (Å²) < 4.78 is 83.6.